The molecule has 3 nitrogen and oxygen atoms in total. The van der Waals surface area contributed by atoms with E-state index < -0.39 is 0 Å². The van der Waals surface area contributed by atoms with Crippen molar-refractivity contribution in [2.75, 3.05) is 6.61 Å². The highest BCUT2D eigenvalue weighted by molar-refractivity contribution is 7.09. The zero-order chi connectivity index (χ0) is 19.6. The predicted octanol–water partition coefficient (Wildman–Crippen LogP) is 6.07. The monoisotopic (exact) mass is 390 g/mol. The van der Waals surface area contributed by atoms with Crippen molar-refractivity contribution in [3.05, 3.63) is 82.3 Å². The average molecular weight is 391 g/mol. The van der Waals surface area contributed by atoms with Crippen LogP contribution in [0.25, 0.3) is 11.0 Å². The summed E-state index contributed by atoms with van der Waals surface area (Å²) in [5.74, 6) is 2.01. The van der Waals surface area contributed by atoms with E-state index in [4.69, 9.17) is 9.72 Å². The minimum Gasteiger partial charge on any atom is -0.492 e. The summed E-state index contributed by atoms with van der Waals surface area (Å²) in [4.78, 5) is 6.19. The van der Waals surface area contributed by atoms with Crippen LogP contribution in [-0.4, -0.2) is 16.2 Å². The maximum atomic E-state index is 6.04. The number of hydrogen-bond acceptors (Lipinski definition) is 3. The van der Waals surface area contributed by atoms with Crippen molar-refractivity contribution in [2.45, 2.75) is 39.2 Å². The Bertz CT molecular complexity index is 1040. The lowest BCUT2D eigenvalue weighted by atomic mass is 9.87. The SMILES string of the molecule is CC(C)(C)c1ccc(OCCn2c(Cc3cccs3)nc3ccccc32)cc1. The summed E-state index contributed by atoms with van der Waals surface area (Å²) in [5, 5.41) is 2.12. The third-order valence-corrected chi connectivity index (χ3v) is 5.83. The predicted molar refractivity (Wildman–Crippen MR) is 117 cm³/mol. The van der Waals surface area contributed by atoms with Gasteiger partial charge in [0, 0.05) is 11.3 Å². The van der Waals surface area contributed by atoms with Gasteiger partial charge in [0.05, 0.1) is 17.6 Å². The number of para-hydroxylation sites is 2. The van der Waals surface area contributed by atoms with Crippen LogP contribution in [0.1, 0.15) is 37.0 Å². The number of fused-ring (bicyclic) bond motifs is 1. The second-order valence-electron chi connectivity index (χ2n) is 8.05. The van der Waals surface area contributed by atoms with Gasteiger partial charge in [0.1, 0.15) is 18.2 Å². The Morgan fingerprint density at radius 3 is 2.46 bits per heavy atom. The van der Waals surface area contributed by atoms with E-state index in [9.17, 15) is 0 Å². The van der Waals surface area contributed by atoms with E-state index >= 15 is 0 Å². The molecule has 0 spiro atoms. The Hall–Kier alpha value is -2.59. The third-order valence-electron chi connectivity index (χ3n) is 4.95. The standard InChI is InChI=1S/C24H26N2OS/c1-24(2,3)18-10-12-19(13-11-18)27-15-14-26-22-9-5-4-8-21(22)25-23(26)17-20-7-6-16-28-20/h4-13,16H,14-15,17H2,1-3H3. The summed E-state index contributed by atoms with van der Waals surface area (Å²) < 4.78 is 8.33. The molecule has 0 aliphatic heterocycles. The highest BCUT2D eigenvalue weighted by Gasteiger charge is 2.14. The molecule has 0 unspecified atom stereocenters. The van der Waals surface area contributed by atoms with E-state index in [0.717, 1.165) is 30.1 Å². The number of imidazole rings is 1. The van der Waals surface area contributed by atoms with Crippen molar-refractivity contribution < 1.29 is 4.74 Å². The van der Waals surface area contributed by atoms with Gasteiger partial charge in [-0.1, -0.05) is 51.1 Å². The van der Waals surface area contributed by atoms with Crippen LogP contribution < -0.4 is 4.74 Å². The first-order valence-electron chi connectivity index (χ1n) is 9.70. The molecule has 0 aliphatic carbocycles. The van der Waals surface area contributed by atoms with Crippen molar-refractivity contribution in [3.63, 3.8) is 0 Å². The quantitative estimate of drug-likeness (QED) is 0.400. The van der Waals surface area contributed by atoms with Crippen LogP contribution in [0.3, 0.4) is 0 Å². The van der Waals surface area contributed by atoms with Gasteiger partial charge in [0.15, 0.2) is 0 Å². The van der Waals surface area contributed by atoms with Crippen molar-refractivity contribution in [1.29, 1.82) is 0 Å². The molecular formula is C24H26N2OS. The normalized spacial score (nSPS) is 11.8. The minimum absolute atomic E-state index is 0.158. The molecule has 28 heavy (non-hydrogen) atoms. The summed E-state index contributed by atoms with van der Waals surface area (Å²) in [5.41, 5.74) is 3.69. The Morgan fingerprint density at radius 1 is 0.964 bits per heavy atom. The van der Waals surface area contributed by atoms with Crippen LogP contribution in [0.2, 0.25) is 0 Å². The Kier molecular flexibility index (Phi) is 5.23. The summed E-state index contributed by atoms with van der Waals surface area (Å²) in [6, 6.07) is 21.0. The zero-order valence-electron chi connectivity index (χ0n) is 16.7. The number of aromatic nitrogens is 2. The van der Waals surface area contributed by atoms with Gasteiger partial charge in [-0.15, -0.1) is 11.3 Å². The summed E-state index contributed by atoms with van der Waals surface area (Å²) >= 11 is 1.78. The molecule has 0 N–H and O–H groups in total. The molecule has 0 saturated heterocycles. The molecule has 0 fully saturated rings. The molecule has 0 saturated carbocycles. The number of thiophene rings is 1. The first kappa shape index (κ1) is 18.8. The van der Waals surface area contributed by atoms with Crippen LogP contribution in [-0.2, 0) is 18.4 Å². The molecule has 4 heteroatoms. The molecule has 144 valence electrons. The van der Waals surface area contributed by atoms with Gasteiger partial charge in [-0.25, -0.2) is 4.98 Å². The highest BCUT2D eigenvalue weighted by Crippen LogP contribution is 2.25. The van der Waals surface area contributed by atoms with Crippen LogP contribution in [0.15, 0.2) is 66.0 Å². The maximum absolute atomic E-state index is 6.04. The van der Waals surface area contributed by atoms with Crippen molar-refractivity contribution in [2.24, 2.45) is 0 Å². The fourth-order valence-corrected chi connectivity index (χ4v) is 4.09. The van der Waals surface area contributed by atoms with Gasteiger partial charge in [-0.2, -0.15) is 0 Å². The molecule has 2 aromatic heterocycles. The second-order valence-corrected chi connectivity index (χ2v) is 9.08. The summed E-state index contributed by atoms with van der Waals surface area (Å²) in [6.07, 6.45) is 0.854. The first-order chi connectivity index (χ1) is 13.5. The van der Waals surface area contributed by atoms with Gasteiger partial charge in [0.25, 0.3) is 0 Å². The summed E-state index contributed by atoms with van der Waals surface area (Å²) in [6.45, 7) is 8.07. The fraction of sp³-hybridized carbons (Fsp3) is 0.292. The number of ether oxygens (including phenoxy) is 1. The molecule has 4 aromatic rings. The lowest BCUT2D eigenvalue weighted by molar-refractivity contribution is 0.298. The van der Waals surface area contributed by atoms with Gasteiger partial charge >= 0.3 is 0 Å². The van der Waals surface area contributed by atoms with Crippen LogP contribution in [0, 0.1) is 0 Å². The molecule has 2 heterocycles. The maximum Gasteiger partial charge on any atom is 0.119 e. The smallest absolute Gasteiger partial charge is 0.119 e. The molecule has 0 atom stereocenters. The van der Waals surface area contributed by atoms with Crippen LogP contribution >= 0.6 is 11.3 Å². The molecule has 2 aromatic carbocycles. The third kappa shape index (κ3) is 4.12. The molecule has 0 amide bonds. The Balaban J connectivity index is 1.49. The van der Waals surface area contributed by atoms with E-state index in [0.29, 0.717) is 6.61 Å². The summed E-state index contributed by atoms with van der Waals surface area (Å²) in [7, 11) is 0. The van der Waals surface area contributed by atoms with E-state index in [1.54, 1.807) is 11.3 Å². The lowest BCUT2D eigenvalue weighted by Crippen LogP contribution is -2.12. The van der Waals surface area contributed by atoms with Crippen molar-refractivity contribution >= 4 is 22.4 Å². The van der Waals surface area contributed by atoms with E-state index in [-0.39, 0.29) is 5.41 Å². The highest BCUT2D eigenvalue weighted by atomic mass is 32.1. The molecule has 4 rings (SSSR count). The average Bonchev–Trinajstić information content (AvgIpc) is 3.30. The van der Waals surface area contributed by atoms with Crippen molar-refractivity contribution in [1.82, 2.24) is 9.55 Å². The van der Waals surface area contributed by atoms with Gasteiger partial charge in [-0.05, 0) is 46.7 Å². The fourth-order valence-electron chi connectivity index (χ4n) is 3.38. The van der Waals surface area contributed by atoms with Gasteiger partial charge in [0.2, 0.25) is 0 Å². The first-order valence-corrected chi connectivity index (χ1v) is 10.6. The lowest BCUT2D eigenvalue weighted by Gasteiger charge is -2.19. The molecule has 0 aliphatic rings. The van der Waals surface area contributed by atoms with Crippen LogP contribution in [0.5, 0.6) is 5.75 Å². The molecule has 0 bridgehead atoms. The Morgan fingerprint density at radius 2 is 1.75 bits per heavy atom. The number of rotatable bonds is 6. The van der Waals surface area contributed by atoms with Gasteiger partial charge < -0.3 is 9.30 Å². The van der Waals surface area contributed by atoms with E-state index in [2.05, 4.69) is 85.3 Å². The molecule has 0 radical (unpaired) electrons. The van der Waals surface area contributed by atoms with Crippen molar-refractivity contribution in [3.8, 4) is 5.75 Å². The second kappa shape index (κ2) is 7.80. The van der Waals surface area contributed by atoms with Gasteiger partial charge in [-0.3, -0.25) is 0 Å². The number of nitrogens with zero attached hydrogens (tertiary/aromatic N) is 2. The van der Waals surface area contributed by atoms with Crippen LogP contribution in [0.4, 0.5) is 0 Å². The van der Waals surface area contributed by atoms with E-state index in [1.165, 1.54) is 16.0 Å². The topological polar surface area (TPSA) is 27.1 Å². The minimum atomic E-state index is 0.158. The number of hydrogen-bond donors (Lipinski definition) is 0. The number of benzene rings is 2. The Labute approximate surface area is 170 Å². The largest absolute Gasteiger partial charge is 0.492 e. The van der Waals surface area contributed by atoms with E-state index in [1.807, 2.05) is 6.07 Å². The molecular weight excluding hydrogens is 364 g/mol. The zero-order valence-corrected chi connectivity index (χ0v) is 17.5.